The molecule has 88 valence electrons. The van der Waals surface area contributed by atoms with Crippen LogP contribution in [0.4, 0.5) is 5.69 Å². The Morgan fingerprint density at radius 1 is 1.29 bits per heavy atom. The van der Waals surface area contributed by atoms with E-state index in [0.717, 1.165) is 22.0 Å². The molecular weight excluding hydrogens is 252 g/mol. The molecule has 4 heteroatoms. The van der Waals surface area contributed by atoms with Crippen LogP contribution in [0.15, 0.2) is 41.4 Å². The summed E-state index contributed by atoms with van der Waals surface area (Å²) in [5.74, 6) is 0.772. The highest BCUT2D eigenvalue weighted by Gasteiger charge is 2.02. The lowest BCUT2D eigenvalue weighted by Gasteiger charge is -2.06. The van der Waals surface area contributed by atoms with Gasteiger partial charge in [0.05, 0.1) is 5.69 Å². The molecule has 0 aliphatic carbocycles. The lowest BCUT2D eigenvalue weighted by Crippen LogP contribution is -1.91. The van der Waals surface area contributed by atoms with E-state index in [1.165, 1.54) is 5.56 Å². The van der Waals surface area contributed by atoms with E-state index in [4.69, 9.17) is 17.3 Å². The molecule has 1 aromatic heterocycles. The first kappa shape index (κ1) is 12.3. The van der Waals surface area contributed by atoms with Gasteiger partial charge in [-0.25, -0.2) is 0 Å². The highest BCUT2D eigenvalue weighted by molar-refractivity contribution is 7.98. The molecule has 2 rings (SSSR count). The van der Waals surface area contributed by atoms with E-state index in [2.05, 4.69) is 18.0 Å². The van der Waals surface area contributed by atoms with Gasteiger partial charge in [-0.2, -0.15) is 0 Å². The van der Waals surface area contributed by atoms with Crippen molar-refractivity contribution in [1.29, 1.82) is 0 Å². The van der Waals surface area contributed by atoms with E-state index in [1.807, 2.05) is 18.2 Å². The molecule has 0 atom stereocenters. The molecule has 0 unspecified atom stereocenters. The lowest BCUT2D eigenvalue weighted by atomic mass is 10.2. The highest BCUT2D eigenvalue weighted by atomic mass is 35.5. The molecule has 0 spiro atoms. The van der Waals surface area contributed by atoms with Gasteiger partial charge in [0.25, 0.3) is 0 Å². The van der Waals surface area contributed by atoms with Crippen molar-refractivity contribution >= 4 is 29.1 Å². The smallest absolute Gasteiger partial charge is 0.0521 e. The number of nitrogens with zero attached hydrogens (tertiary/aromatic N) is 1. The Morgan fingerprint density at radius 3 is 2.88 bits per heavy atom. The minimum Gasteiger partial charge on any atom is -0.398 e. The number of nitrogens with two attached hydrogens (primary N) is 1. The first-order valence-electron chi connectivity index (χ1n) is 5.24. The summed E-state index contributed by atoms with van der Waals surface area (Å²) in [5, 5.41) is 0.716. The predicted octanol–water partition coefficient (Wildman–Crippen LogP) is 3.92. The van der Waals surface area contributed by atoms with Crippen molar-refractivity contribution in [1.82, 2.24) is 4.98 Å². The third-order valence-corrected chi connectivity index (χ3v) is 3.66. The number of rotatable bonds is 3. The van der Waals surface area contributed by atoms with E-state index in [0.29, 0.717) is 5.02 Å². The second-order valence-electron chi connectivity index (χ2n) is 3.80. The molecule has 2 N–H and O–H groups in total. The van der Waals surface area contributed by atoms with E-state index < -0.39 is 0 Å². The largest absolute Gasteiger partial charge is 0.398 e. The van der Waals surface area contributed by atoms with Crippen molar-refractivity contribution in [2.24, 2.45) is 0 Å². The predicted molar refractivity (Wildman–Crippen MR) is 74.4 cm³/mol. The van der Waals surface area contributed by atoms with E-state index >= 15 is 0 Å². The zero-order valence-corrected chi connectivity index (χ0v) is 11.1. The molecule has 1 aromatic carbocycles. The summed E-state index contributed by atoms with van der Waals surface area (Å²) in [5.41, 5.74) is 8.89. The van der Waals surface area contributed by atoms with Gasteiger partial charge in [0.15, 0.2) is 0 Å². The van der Waals surface area contributed by atoms with Crippen LogP contribution in [0.2, 0.25) is 5.02 Å². The van der Waals surface area contributed by atoms with Gasteiger partial charge in [-0.05, 0) is 36.8 Å². The van der Waals surface area contributed by atoms with Gasteiger partial charge < -0.3 is 5.73 Å². The van der Waals surface area contributed by atoms with Gasteiger partial charge in [-0.15, -0.1) is 11.8 Å². The summed E-state index contributed by atoms with van der Waals surface area (Å²) in [6.07, 6.45) is 1.72. The number of nitrogen functional groups attached to an aromatic ring is 1. The summed E-state index contributed by atoms with van der Waals surface area (Å²) in [4.78, 5) is 5.35. The molecule has 0 aliphatic heterocycles. The Morgan fingerprint density at radius 2 is 2.12 bits per heavy atom. The minimum absolute atomic E-state index is 0.716. The SMILES string of the molecule is Cc1ccc(N)c(SCc2cc(Cl)ccn2)c1. The van der Waals surface area contributed by atoms with Crippen LogP contribution in [0.25, 0.3) is 0 Å². The van der Waals surface area contributed by atoms with Gasteiger partial charge in [0, 0.05) is 27.6 Å². The Balaban J connectivity index is 2.09. The number of aromatic nitrogens is 1. The molecule has 2 nitrogen and oxygen atoms in total. The number of anilines is 1. The van der Waals surface area contributed by atoms with E-state index in [-0.39, 0.29) is 0 Å². The summed E-state index contributed by atoms with van der Waals surface area (Å²) in [6, 6.07) is 9.68. The van der Waals surface area contributed by atoms with Crippen molar-refractivity contribution in [2.75, 3.05) is 5.73 Å². The molecule has 0 fully saturated rings. The van der Waals surface area contributed by atoms with Crippen molar-refractivity contribution in [2.45, 2.75) is 17.6 Å². The van der Waals surface area contributed by atoms with Crippen LogP contribution in [-0.2, 0) is 5.75 Å². The van der Waals surface area contributed by atoms with Gasteiger partial charge in [0.2, 0.25) is 0 Å². The number of hydrogen-bond acceptors (Lipinski definition) is 3. The Kier molecular flexibility index (Phi) is 3.92. The second-order valence-corrected chi connectivity index (χ2v) is 5.25. The first-order chi connectivity index (χ1) is 8.15. The monoisotopic (exact) mass is 264 g/mol. The van der Waals surface area contributed by atoms with Crippen molar-refractivity contribution in [3.63, 3.8) is 0 Å². The summed E-state index contributed by atoms with van der Waals surface area (Å²) < 4.78 is 0. The number of aryl methyl sites for hydroxylation is 1. The van der Waals surface area contributed by atoms with Crippen molar-refractivity contribution < 1.29 is 0 Å². The highest BCUT2D eigenvalue weighted by Crippen LogP contribution is 2.28. The third kappa shape index (κ3) is 3.38. The summed E-state index contributed by atoms with van der Waals surface area (Å²) in [6.45, 7) is 2.06. The molecule has 0 saturated heterocycles. The van der Waals surface area contributed by atoms with Crippen LogP contribution in [-0.4, -0.2) is 4.98 Å². The van der Waals surface area contributed by atoms with E-state index in [9.17, 15) is 0 Å². The average molecular weight is 265 g/mol. The zero-order chi connectivity index (χ0) is 12.3. The Bertz CT molecular complexity index is 529. The van der Waals surface area contributed by atoms with Crippen LogP contribution in [0.5, 0.6) is 0 Å². The first-order valence-corrected chi connectivity index (χ1v) is 6.61. The number of pyridine rings is 1. The fourth-order valence-corrected chi connectivity index (χ4v) is 2.59. The molecule has 0 saturated carbocycles. The second kappa shape index (κ2) is 5.43. The van der Waals surface area contributed by atoms with Crippen LogP contribution in [0.1, 0.15) is 11.3 Å². The van der Waals surface area contributed by atoms with Gasteiger partial charge in [-0.1, -0.05) is 17.7 Å². The molecule has 0 radical (unpaired) electrons. The standard InChI is InChI=1S/C13H13ClN2S/c1-9-2-3-12(15)13(6-9)17-8-11-7-10(14)4-5-16-11/h2-7H,8,15H2,1H3. The quantitative estimate of drug-likeness (QED) is 0.675. The van der Waals surface area contributed by atoms with Gasteiger partial charge in [-0.3, -0.25) is 4.98 Å². The maximum absolute atomic E-state index is 5.92. The fourth-order valence-electron chi connectivity index (χ4n) is 1.45. The lowest BCUT2D eigenvalue weighted by molar-refractivity contribution is 1.17. The van der Waals surface area contributed by atoms with Crippen molar-refractivity contribution in [3.8, 4) is 0 Å². The van der Waals surface area contributed by atoms with Crippen LogP contribution in [0.3, 0.4) is 0 Å². The maximum atomic E-state index is 5.92. The molecule has 0 bridgehead atoms. The van der Waals surface area contributed by atoms with Gasteiger partial charge in [0.1, 0.15) is 0 Å². The molecule has 0 amide bonds. The molecular formula is C13H13ClN2S. The molecule has 2 aromatic rings. The van der Waals surface area contributed by atoms with Crippen molar-refractivity contribution in [3.05, 3.63) is 52.8 Å². The molecule has 1 heterocycles. The Labute approximate surface area is 110 Å². The molecule has 0 aliphatic rings. The normalized spacial score (nSPS) is 10.5. The van der Waals surface area contributed by atoms with Crippen LogP contribution >= 0.6 is 23.4 Å². The maximum Gasteiger partial charge on any atom is 0.0521 e. The topological polar surface area (TPSA) is 38.9 Å². The summed E-state index contributed by atoms with van der Waals surface area (Å²) >= 11 is 7.59. The fraction of sp³-hybridized carbons (Fsp3) is 0.154. The zero-order valence-electron chi connectivity index (χ0n) is 9.48. The Hall–Kier alpha value is -1.19. The van der Waals surface area contributed by atoms with Crippen LogP contribution < -0.4 is 5.73 Å². The number of hydrogen-bond donors (Lipinski definition) is 1. The number of benzene rings is 1. The molecule has 17 heavy (non-hydrogen) atoms. The average Bonchev–Trinajstić information content (AvgIpc) is 2.30. The van der Waals surface area contributed by atoms with Gasteiger partial charge >= 0.3 is 0 Å². The van der Waals surface area contributed by atoms with Crippen LogP contribution in [0, 0.1) is 6.92 Å². The van der Waals surface area contributed by atoms with E-state index in [1.54, 1.807) is 24.0 Å². The minimum atomic E-state index is 0.716. The summed E-state index contributed by atoms with van der Waals surface area (Å²) in [7, 11) is 0. The number of thioether (sulfide) groups is 1. The number of halogens is 1. The third-order valence-electron chi connectivity index (χ3n) is 2.32.